The topological polar surface area (TPSA) is 62.5 Å². The number of hydrogen-bond donors (Lipinski definition) is 1. The predicted molar refractivity (Wildman–Crippen MR) is 91.2 cm³/mol. The van der Waals surface area contributed by atoms with Crippen LogP contribution >= 0.6 is 11.6 Å². The maximum absolute atomic E-state index is 13.1. The molecule has 1 aliphatic carbocycles. The molecule has 0 unspecified atom stereocenters. The van der Waals surface area contributed by atoms with E-state index < -0.39 is 11.4 Å². The lowest BCUT2D eigenvalue weighted by Crippen LogP contribution is -2.37. The van der Waals surface area contributed by atoms with Crippen molar-refractivity contribution < 1.29 is 14.7 Å². The van der Waals surface area contributed by atoms with E-state index in [1.165, 1.54) is 0 Å². The first kappa shape index (κ1) is 15.5. The summed E-state index contributed by atoms with van der Waals surface area (Å²) in [6, 6.07) is 7.62. The maximum atomic E-state index is 13.1. The minimum atomic E-state index is -0.775. The second-order valence-corrected chi connectivity index (χ2v) is 7.35. The molecule has 1 N–H and O–H groups in total. The number of nitrogens with zero attached hydrogens (tertiary/aromatic N) is 2. The van der Waals surface area contributed by atoms with Gasteiger partial charge in [-0.2, -0.15) is 0 Å². The lowest BCUT2D eigenvalue weighted by molar-refractivity contribution is -0.149. The van der Waals surface area contributed by atoms with Crippen molar-refractivity contribution in [1.82, 2.24) is 9.47 Å². The third kappa shape index (κ3) is 1.94. The lowest BCUT2D eigenvalue weighted by Gasteiger charge is -2.23. The predicted octanol–water partition coefficient (Wildman–Crippen LogP) is 3.16. The zero-order valence-electron chi connectivity index (χ0n) is 13.5. The summed E-state index contributed by atoms with van der Waals surface area (Å²) >= 11 is 6.47. The highest BCUT2D eigenvalue weighted by Crippen LogP contribution is 2.49. The van der Waals surface area contributed by atoms with Gasteiger partial charge >= 0.3 is 5.97 Å². The van der Waals surface area contributed by atoms with Gasteiger partial charge in [-0.1, -0.05) is 36.2 Å². The highest BCUT2D eigenvalue weighted by atomic mass is 35.5. The molecule has 1 aromatic carbocycles. The van der Waals surface area contributed by atoms with Gasteiger partial charge in [0.15, 0.2) is 0 Å². The van der Waals surface area contributed by atoms with Gasteiger partial charge in [0.1, 0.15) is 5.69 Å². The quantitative estimate of drug-likeness (QED) is 0.908. The Hall–Kier alpha value is -2.01. The average molecular weight is 347 g/mol. The van der Waals surface area contributed by atoms with Crippen molar-refractivity contribution in [3.63, 3.8) is 0 Å². The van der Waals surface area contributed by atoms with E-state index in [0.717, 1.165) is 23.7 Å². The number of halogens is 1. The van der Waals surface area contributed by atoms with Crippen LogP contribution in [0.3, 0.4) is 0 Å². The van der Waals surface area contributed by atoms with Crippen molar-refractivity contribution in [1.29, 1.82) is 0 Å². The van der Waals surface area contributed by atoms with Crippen molar-refractivity contribution >= 4 is 34.4 Å². The van der Waals surface area contributed by atoms with Crippen LogP contribution < -0.4 is 0 Å². The molecule has 6 heteroatoms. The molecule has 0 bridgehead atoms. The molecule has 126 valence electrons. The Morgan fingerprint density at radius 3 is 2.75 bits per heavy atom. The van der Waals surface area contributed by atoms with E-state index in [4.69, 9.17) is 11.6 Å². The SMILES string of the molecule is Cn1c(C(=O)N2C[C@@H]3CCC[C@@]3(C(=O)O)C2)c(Cl)c2ccccc21. The van der Waals surface area contributed by atoms with Crippen molar-refractivity contribution in [2.45, 2.75) is 19.3 Å². The lowest BCUT2D eigenvalue weighted by atomic mass is 9.81. The molecule has 2 fully saturated rings. The van der Waals surface area contributed by atoms with Crippen molar-refractivity contribution in [2.75, 3.05) is 13.1 Å². The molecule has 1 aromatic heterocycles. The van der Waals surface area contributed by atoms with E-state index in [-0.39, 0.29) is 18.4 Å². The number of carboxylic acids is 1. The Morgan fingerprint density at radius 2 is 2.08 bits per heavy atom. The van der Waals surface area contributed by atoms with E-state index in [1.54, 1.807) is 4.90 Å². The zero-order chi connectivity index (χ0) is 17.1. The van der Waals surface area contributed by atoms with Gasteiger partial charge in [0, 0.05) is 31.0 Å². The minimum absolute atomic E-state index is 0.0485. The average Bonchev–Trinajstić information content (AvgIpc) is 3.19. The van der Waals surface area contributed by atoms with Gasteiger partial charge in [-0.15, -0.1) is 0 Å². The number of aryl methyl sites for hydroxylation is 1. The fraction of sp³-hybridized carbons (Fsp3) is 0.444. The third-order valence-corrected chi connectivity index (χ3v) is 6.21. The number of hydrogen-bond acceptors (Lipinski definition) is 2. The first-order chi connectivity index (χ1) is 11.5. The summed E-state index contributed by atoms with van der Waals surface area (Å²) in [5.74, 6) is -0.899. The van der Waals surface area contributed by atoms with Crippen LogP contribution in [0.4, 0.5) is 0 Å². The van der Waals surface area contributed by atoms with Crippen molar-refractivity contribution in [3.8, 4) is 0 Å². The molecule has 1 amide bonds. The second kappa shape index (κ2) is 5.24. The summed E-state index contributed by atoms with van der Waals surface area (Å²) < 4.78 is 1.81. The molecule has 2 heterocycles. The first-order valence-electron chi connectivity index (χ1n) is 8.21. The van der Waals surface area contributed by atoms with Crippen molar-refractivity contribution in [3.05, 3.63) is 35.0 Å². The highest BCUT2D eigenvalue weighted by molar-refractivity contribution is 6.38. The molecular formula is C18H19ClN2O3. The fourth-order valence-electron chi connectivity index (χ4n) is 4.53. The molecule has 4 rings (SSSR count). The fourth-order valence-corrected chi connectivity index (χ4v) is 4.90. The van der Waals surface area contributed by atoms with Crippen LogP contribution in [-0.2, 0) is 11.8 Å². The van der Waals surface area contributed by atoms with Crippen LogP contribution in [-0.4, -0.2) is 39.5 Å². The van der Waals surface area contributed by atoms with E-state index in [1.807, 2.05) is 35.9 Å². The van der Waals surface area contributed by atoms with Gasteiger partial charge < -0.3 is 14.6 Å². The zero-order valence-corrected chi connectivity index (χ0v) is 14.2. The number of carbonyl (C=O) groups excluding carboxylic acids is 1. The summed E-state index contributed by atoms with van der Waals surface area (Å²) in [7, 11) is 1.82. The second-order valence-electron chi connectivity index (χ2n) is 6.97. The van der Waals surface area contributed by atoms with E-state index >= 15 is 0 Å². The van der Waals surface area contributed by atoms with Gasteiger partial charge in [-0.3, -0.25) is 9.59 Å². The smallest absolute Gasteiger partial charge is 0.311 e. The molecule has 1 saturated heterocycles. The van der Waals surface area contributed by atoms with E-state index in [0.29, 0.717) is 23.7 Å². The summed E-state index contributed by atoms with van der Waals surface area (Å²) in [4.78, 5) is 26.6. The molecule has 24 heavy (non-hydrogen) atoms. The van der Waals surface area contributed by atoms with E-state index in [2.05, 4.69) is 0 Å². The Kier molecular flexibility index (Phi) is 3.39. The Balaban J connectivity index is 1.72. The molecular weight excluding hydrogens is 328 g/mol. The molecule has 2 aromatic rings. The number of likely N-dealkylation sites (tertiary alicyclic amines) is 1. The molecule has 1 saturated carbocycles. The molecule has 2 aliphatic rings. The number of benzene rings is 1. The molecule has 2 atom stereocenters. The van der Waals surface area contributed by atoms with Crippen molar-refractivity contribution in [2.24, 2.45) is 18.4 Å². The van der Waals surface area contributed by atoms with Crippen LogP contribution in [0.5, 0.6) is 0 Å². The summed E-state index contributed by atoms with van der Waals surface area (Å²) in [6.45, 7) is 0.784. The number of para-hydroxylation sites is 1. The number of carbonyl (C=O) groups is 2. The number of fused-ring (bicyclic) bond motifs is 2. The maximum Gasteiger partial charge on any atom is 0.311 e. The molecule has 5 nitrogen and oxygen atoms in total. The number of aliphatic carboxylic acids is 1. The van der Waals surface area contributed by atoms with Crippen LogP contribution in [0, 0.1) is 11.3 Å². The Bertz CT molecular complexity index is 820. The summed E-state index contributed by atoms with van der Waals surface area (Å²) in [6.07, 6.45) is 2.45. The number of aromatic nitrogens is 1. The number of carboxylic acid groups (broad SMARTS) is 1. The van der Waals surface area contributed by atoms with Gasteiger partial charge in [0.2, 0.25) is 0 Å². The Morgan fingerprint density at radius 1 is 1.33 bits per heavy atom. The van der Waals surface area contributed by atoms with Crippen LogP contribution in [0.15, 0.2) is 24.3 Å². The standard InChI is InChI=1S/C18H19ClN2O3/c1-20-13-7-3-2-6-12(13)14(19)15(20)16(22)21-9-11-5-4-8-18(11,10-21)17(23)24/h2-3,6-7,11H,4-5,8-10H2,1H3,(H,23,24)/t11-,18+/m0/s1. The molecule has 0 spiro atoms. The monoisotopic (exact) mass is 346 g/mol. The largest absolute Gasteiger partial charge is 0.481 e. The summed E-state index contributed by atoms with van der Waals surface area (Å²) in [5.41, 5.74) is 0.573. The number of amides is 1. The van der Waals surface area contributed by atoms with Gasteiger partial charge in [-0.05, 0) is 24.8 Å². The molecule has 0 radical (unpaired) electrons. The molecule has 1 aliphatic heterocycles. The van der Waals surface area contributed by atoms with Gasteiger partial charge in [0.05, 0.1) is 10.4 Å². The van der Waals surface area contributed by atoms with E-state index in [9.17, 15) is 14.7 Å². The normalized spacial score (nSPS) is 26.1. The Labute approximate surface area is 144 Å². The van der Waals surface area contributed by atoms with Crippen LogP contribution in [0.2, 0.25) is 5.02 Å². The first-order valence-corrected chi connectivity index (χ1v) is 8.59. The number of rotatable bonds is 2. The third-order valence-electron chi connectivity index (χ3n) is 5.83. The minimum Gasteiger partial charge on any atom is -0.481 e. The van der Waals surface area contributed by atoms with Gasteiger partial charge in [-0.25, -0.2) is 0 Å². The van der Waals surface area contributed by atoms with Crippen LogP contribution in [0.25, 0.3) is 10.9 Å². The highest BCUT2D eigenvalue weighted by Gasteiger charge is 2.56. The van der Waals surface area contributed by atoms with Gasteiger partial charge in [0.25, 0.3) is 5.91 Å². The summed E-state index contributed by atoms with van der Waals surface area (Å²) in [5, 5.41) is 11.0. The van der Waals surface area contributed by atoms with Crippen LogP contribution in [0.1, 0.15) is 29.8 Å².